The molecule has 2 heterocycles. The van der Waals surface area contributed by atoms with Gasteiger partial charge in [0, 0.05) is 13.2 Å². The first-order valence-corrected chi connectivity index (χ1v) is 24.0. The van der Waals surface area contributed by atoms with Gasteiger partial charge in [-0.2, -0.15) is 0 Å². The molecule has 6 nitrogen and oxygen atoms in total. The van der Waals surface area contributed by atoms with Gasteiger partial charge in [-0.25, -0.2) is 0 Å². The maximum Gasteiger partial charge on any atom is 0.311 e. The maximum atomic E-state index is 13.2. The lowest BCUT2D eigenvalue weighted by molar-refractivity contribution is -0.163. The van der Waals surface area contributed by atoms with E-state index in [4.69, 9.17) is 18.9 Å². The van der Waals surface area contributed by atoms with E-state index in [2.05, 4.69) is 57.0 Å². The summed E-state index contributed by atoms with van der Waals surface area (Å²) in [5.74, 6) is -0.0928. The molecule has 0 aromatic rings. The van der Waals surface area contributed by atoms with E-state index in [1.165, 1.54) is 167 Å². The molecule has 2 aliphatic heterocycles. The second kappa shape index (κ2) is 34.8. The average Bonchev–Trinajstić information content (AvgIpc) is 3.58. The normalized spacial score (nSPS) is 20.3. The number of carbonyl (C=O) groups is 1. The monoisotopic (exact) mass is 774 g/mol. The molecule has 322 valence electrons. The van der Waals surface area contributed by atoms with Crippen molar-refractivity contribution in [2.75, 3.05) is 46.6 Å². The van der Waals surface area contributed by atoms with Crippen molar-refractivity contribution in [2.24, 2.45) is 5.41 Å². The summed E-state index contributed by atoms with van der Waals surface area (Å²) < 4.78 is 25.0. The van der Waals surface area contributed by atoms with Gasteiger partial charge in [-0.05, 0) is 104 Å². The van der Waals surface area contributed by atoms with Crippen LogP contribution in [0.25, 0.3) is 0 Å². The van der Waals surface area contributed by atoms with Gasteiger partial charge in [0.25, 0.3) is 0 Å². The highest BCUT2D eigenvalue weighted by molar-refractivity contribution is 5.76. The van der Waals surface area contributed by atoms with Crippen LogP contribution in [-0.4, -0.2) is 75.7 Å². The van der Waals surface area contributed by atoms with Crippen molar-refractivity contribution < 1.29 is 23.7 Å². The number of hydrogen-bond acceptors (Lipinski definition) is 6. The highest BCUT2D eigenvalue weighted by Gasteiger charge is 2.42. The smallest absolute Gasteiger partial charge is 0.311 e. The van der Waals surface area contributed by atoms with Crippen LogP contribution in [0.5, 0.6) is 0 Å². The SMILES string of the molecule is CCCCCCCC/C=C\CCCCCCCCO[C@@H]1[C@@H](OCCCCCCCC/C=C\CCCCCCCC)CO[C@@H]1COC(=O)C1(C)CCN(C)CC1. The molecule has 0 bridgehead atoms. The maximum absolute atomic E-state index is 13.2. The van der Waals surface area contributed by atoms with Gasteiger partial charge in [-0.15, -0.1) is 0 Å². The number of rotatable bonds is 37. The van der Waals surface area contributed by atoms with Crippen LogP contribution in [0, 0.1) is 5.41 Å². The van der Waals surface area contributed by atoms with Crippen molar-refractivity contribution >= 4 is 5.97 Å². The molecule has 0 N–H and O–H groups in total. The van der Waals surface area contributed by atoms with Crippen LogP contribution in [0.1, 0.15) is 213 Å². The highest BCUT2D eigenvalue weighted by atomic mass is 16.6. The molecular weight excluding hydrogens is 683 g/mol. The minimum absolute atomic E-state index is 0.0928. The molecule has 0 unspecified atom stereocenters. The third-order valence-electron chi connectivity index (χ3n) is 12.1. The minimum atomic E-state index is -0.412. The number of carbonyl (C=O) groups excluding carboxylic acids is 1. The summed E-state index contributed by atoms with van der Waals surface area (Å²) >= 11 is 0. The van der Waals surface area contributed by atoms with Crippen molar-refractivity contribution in [2.45, 2.75) is 232 Å². The number of hydrogen-bond donors (Lipinski definition) is 0. The summed E-state index contributed by atoms with van der Waals surface area (Å²) in [6.07, 6.45) is 47.2. The van der Waals surface area contributed by atoms with E-state index in [0.717, 1.165) is 45.4 Å². The number of likely N-dealkylation sites (tertiary alicyclic amines) is 1. The van der Waals surface area contributed by atoms with Crippen LogP contribution in [0.4, 0.5) is 0 Å². The molecular formula is C49H91NO5. The first kappa shape index (κ1) is 49.9. The Labute approximate surface area is 341 Å². The molecule has 2 rings (SSSR count). The van der Waals surface area contributed by atoms with Crippen molar-refractivity contribution in [1.29, 1.82) is 0 Å². The van der Waals surface area contributed by atoms with E-state index < -0.39 is 5.41 Å². The molecule has 0 saturated carbocycles. The summed E-state index contributed by atoms with van der Waals surface area (Å²) in [5, 5.41) is 0. The lowest BCUT2D eigenvalue weighted by atomic mass is 9.80. The van der Waals surface area contributed by atoms with Gasteiger partial charge in [0.2, 0.25) is 0 Å². The number of allylic oxidation sites excluding steroid dienone is 4. The third-order valence-corrected chi connectivity index (χ3v) is 12.1. The third kappa shape index (κ3) is 25.7. The van der Waals surface area contributed by atoms with Gasteiger partial charge in [0.1, 0.15) is 24.9 Å². The molecule has 0 amide bonds. The first-order chi connectivity index (χ1) is 27.0. The minimum Gasteiger partial charge on any atom is -0.462 e. The number of piperidine rings is 1. The fourth-order valence-electron chi connectivity index (χ4n) is 7.95. The lowest BCUT2D eigenvalue weighted by Gasteiger charge is -2.36. The second-order valence-electron chi connectivity index (χ2n) is 17.5. The van der Waals surface area contributed by atoms with Crippen molar-refractivity contribution in [1.82, 2.24) is 4.90 Å². The molecule has 55 heavy (non-hydrogen) atoms. The molecule has 3 atom stereocenters. The zero-order valence-electron chi connectivity index (χ0n) is 37.0. The molecule has 6 heteroatoms. The zero-order valence-corrected chi connectivity index (χ0v) is 37.0. The molecule has 2 fully saturated rings. The molecule has 2 saturated heterocycles. The molecule has 2 aliphatic rings. The van der Waals surface area contributed by atoms with Gasteiger partial charge < -0.3 is 23.8 Å². The molecule has 0 aromatic heterocycles. The zero-order chi connectivity index (χ0) is 39.5. The Morgan fingerprint density at radius 1 is 0.600 bits per heavy atom. The predicted octanol–water partition coefficient (Wildman–Crippen LogP) is 13.5. The van der Waals surface area contributed by atoms with Crippen LogP contribution in [0.3, 0.4) is 0 Å². The Hall–Kier alpha value is -1.21. The summed E-state index contributed by atoms with van der Waals surface area (Å²) in [6.45, 7) is 10.7. The van der Waals surface area contributed by atoms with Crippen LogP contribution in [0.15, 0.2) is 24.3 Å². The van der Waals surface area contributed by atoms with Gasteiger partial charge in [-0.3, -0.25) is 4.79 Å². The van der Waals surface area contributed by atoms with Crippen LogP contribution in [-0.2, 0) is 23.7 Å². The van der Waals surface area contributed by atoms with Gasteiger partial charge in [0.05, 0.1) is 12.0 Å². The first-order valence-electron chi connectivity index (χ1n) is 24.0. The van der Waals surface area contributed by atoms with E-state index in [1.54, 1.807) is 0 Å². The molecule has 0 radical (unpaired) electrons. The van der Waals surface area contributed by atoms with Gasteiger partial charge in [-0.1, -0.05) is 154 Å². The van der Waals surface area contributed by atoms with E-state index >= 15 is 0 Å². The standard InChI is InChI=1S/C49H91NO5/c1-5-7-9-11-13-15-17-19-21-23-25-27-29-31-33-35-41-52-45-43-54-46(44-55-48(51)49(3)37-39-50(4)40-38-49)47(45)53-42-36-34-32-30-28-26-24-22-20-18-16-14-12-10-8-6-2/h19-22,45-47H,5-18,23-44H2,1-4H3/b21-19-,22-20-/t45-,46+,47+/m0/s1. The highest BCUT2D eigenvalue weighted by Crippen LogP contribution is 2.32. The molecule has 0 aliphatic carbocycles. The van der Waals surface area contributed by atoms with Gasteiger partial charge >= 0.3 is 5.97 Å². The Balaban J connectivity index is 1.60. The van der Waals surface area contributed by atoms with Crippen molar-refractivity contribution in [3.8, 4) is 0 Å². The quantitative estimate of drug-likeness (QED) is 0.0356. The summed E-state index contributed by atoms with van der Waals surface area (Å²) in [5.41, 5.74) is -0.412. The molecule has 0 aromatic carbocycles. The largest absolute Gasteiger partial charge is 0.462 e. The van der Waals surface area contributed by atoms with Crippen LogP contribution < -0.4 is 0 Å². The van der Waals surface area contributed by atoms with Crippen LogP contribution in [0.2, 0.25) is 0 Å². The van der Waals surface area contributed by atoms with Gasteiger partial charge in [0.15, 0.2) is 0 Å². The topological polar surface area (TPSA) is 57.2 Å². The Morgan fingerprint density at radius 3 is 1.45 bits per heavy atom. The number of esters is 1. The van der Waals surface area contributed by atoms with E-state index in [9.17, 15) is 4.79 Å². The lowest BCUT2D eigenvalue weighted by Crippen LogP contribution is -2.43. The molecule has 0 spiro atoms. The fraction of sp³-hybridized carbons (Fsp3) is 0.898. The van der Waals surface area contributed by atoms with Crippen LogP contribution >= 0.6 is 0 Å². The summed E-state index contributed by atoms with van der Waals surface area (Å²) in [4.78, 5) is 15.5. The van der Waals surface area contributed by atoms with E-state index in [0.29, 0.717) is 13.2 Å². The second-order valence-corrected chi connectivity index (χ2v) is 17.5. The Kier molecular flexibility index (Phi) is 31.6. The predicted molar refractivity (Wildman–Crippen MR) is 234 cm³/mol. The summed E-state index contributed by atoms with van der Waals surface area (Å²) in [7, 11) is 2.12. The Morgan fingerprint density at radius 2 is 1.00 bits per heavy atom. The fourth-order valence-corrected chi connectivity index (χ4v) is 7.95. The van der Waals surface area contributed by atoms with Crippen molar-refractivity contribution in [3.05, 3.63) is 24.3 Å². The van der Waals surface area contributed by atoms with E-state index in [1.807, 2.05) is 0 Å². The number of ether oxygens (including phenoxy) is 4. The number of nitrogens with zero attached hydrogens (tertiary/aromatic N) is 1. The summed E-state index contributed by atoms with van der Waals surface area (Å²) in [6, 6.07) is 0. The van der Waals surface area contributed by atoms with E-state index in [-0.39, 0.29) is 30.9 Å². The Bertz CT molecular complexity index is 928. The number of unbranched alkanes of at least 4 members (excludes halogenated alkanes) is 24. The van der Waals surface area contributed by atoms with Crippen molar-refractivity contribution in [3.63, 3.8) is 0 Å². The average molecular weight is 774 g/mol.